The van der Waals surface area contributed by atoms with Crippen LogP contribution in [0.1, 0.15) is 61.5 Å². The first kappa shape index (κ1) is 14.3. The van der Waals surface area contributed by atoms with Gasteiger partial charge in [0.05, 0.1) is 5.69 Å². The SMILES string of the molecule is CCC(Nc1snc(C)c1C(=O)O)C1CCCCC1. The number of carboxylic acids is 1. The Hall–Kier alpha value is -1.10. The van der Waals surface area contributed by atoms with E-state index in [9.17, 15) is 9.90 Å². The first-order chi connectivity index (χ1) is 9.13. The lowest BCUT2D eigenvalue weighted by Crippen LogP contribution is -2.30. The van der Waals surface area contributed by atoms with Crippen molar-refractivity contribution in [2.24, 2.45) is 5.92 Å². The normalized spacial score (nSPS) is 18.2. The fraction of sp³-hybridized carbons (Fsp3) is 0.714. The fourth-order valence-electron chi connectivity index (χ4n) is 2.98. The van der Waals surface area contributed by atoms with E-state index in [1.54, 1.807) is 6.92 Å². The van der Waals surface area contributed by atoms with Crippen LogP contribution >= 0.6 is 11.5 Å². The second kappa shape index (κ2) is 6.37. The van der Waals surface area contributed by atoms with Crippen molar-refractivity contribution >= 4 is 22.5 Å². The van der Waals surface area contributed by atoms with Gasteiger partial charge < -0.3 is 10.4 Å². The number of rotatable bonds is 5. The van der Waals surface area contributed by atoms with Crippen molar-refractivity contribution in [2.45, 2.75) is 58.4 Å². The van der Waals surface area contributed by atoms with Gasteiger partial charge in [0.2, 0.25) is 0 Å². The van der Waals surface area contributed by atoms with Gasteiger partial charge in [0.25, 0.3) is 0 Å². The molecule has 1 unspecified atom stereocenters. The molecule has 0 radical (unpaired) electrons. The predicted octanol–water partition coefficient (Wildman–Crippen LogP) is 3.92. The third-order valence-electron chi connectivity index (χ3n) is 4.05. The maximum absolute atomic E-state index is 11.3. The van der Waals surface area contributed by atoms with Gasteiger partial charge in [0.1, 0.15) is 10.6 Å². The van der Waals surface area contributed by atoms with Crippen LogP contribution in [0, 0.1) is 12.8 Å². The quantitative estimate of drug-likeness (QED) is 0.859. The van der Waals surface area contributed by atoms with Crippen LogP contribution in [0.15, 0.2) is 0 Å². The van der Waals surface area contributed by atoms with E-state index >= 15 is 0 Å². The van der Waals surface area contributed by atoms with Crippen LogP contribution in [-0.4, -0.2) is 21.5 Å². The van der Waals surface area contributed by atoms with Gasteiger partial charge >= 0.3 is 5.97 Å². The number of hydrogen-bond donors (Lipinski definition) is 2. The molecule has 0 spiro atoms. The second-order valence-corrected chi connectivity index (χ2v) is 6.11. The van der Waals surface area contributed by atoms with E-state index in [2.05, 4.69) is 16.6 Å². The maximum Gasteiger partial charge on any atom is 0.340 e. The molecule has 0 bridgehead atoms. The number of anilines is 1. The first-order valence-electron chi connectivity index (χ1n) is 7.09. The molecule has 0 aliphatic heterocycles. The molecule has 1 aromatic heterocycles. The van der Waals surface area contributed by atoms with Crippen molar-refractivity contribution in [3.8, 4) is 0 Å². The van der Waals surface area contributed by atoms with Crippen LogP contribution in [0.2, 0.25) is 0 Å². The van der Waals surface area contributed by atoms with E-state index in [0.717, 1.165) is 11.4 Å². The van der Waals surface area contributed by atoms with Crippen LogP contribution in [-0.2, 0) is 0 Å². The summed E-state index contributed by atoms with van der Waals surface area (Å²) in [5, 5.41) is 13.4. The monoisotopic (exact) mass is 282 g/mol. The number of carboxylic acid groups (broad SMARTS) is 1. The molecule has 0 amide bonds. The Kier molecular flexibility index (Phi) is 4.80. The molecule has 19 heavy (non-hydrogen) atoms. The second-order valence-electron chi connectivity index (χ2n) is 5.33. The molecule has 2 rings (SSSR count). The Morgan fingerprint density at radius 3 is 2.74 bits per heavy atom. The van der Waals surface area contributed by atoms with Crippen LogP contribution in [0.25, 0.3) is 0 Å². The van der Waals surface area contributed by atoms with E-state index in [4.69, 9.17) is 0 Å². The molecule has 4 nitrogen and oxygen atoms in total. The molecular weight excluding hydrogens is 260 g/mol. The summed E-state index contributed by atoms with van der Waals surface area (Å²) in [5.41, 5.74) is 0.956. The van der Waals surface area contributed by atoms with E-state index in [0.29, 0.717) is 23.2 Å². The highest BCUT2D eigenvalue weighted by Gasteiger charge is 2.25. The zero-order valence-electron chi connectivity index (χ0n) is 11.6. The zero-order chi connectivity index (χ0) is 13.8. The number of carbonyl (C=O) groups is 1. The molecule has 5 heteroatoms. The fourth-order valence-corrected chi connectivity index (χ4v) is 3.83. The summed E-state index contributed by atoms with van der Waals surface area (Å²) in [6, 6.07) is 0.373. The number of aryl methyl sites for hydroxylation is 1. The van der Waals surface area contributed by atoms with Crippen molar-refractivity contribution in [3.05, 3.63) is 11.3 Å². The van der Waals surface area contributed by atoms with Gasteiger partial charge in [-0.1, -0.05) is 26.2 Å². The van der Waals surface area contributed by atoms with Gasteiger partial charge in [0, 0.05) is 6.04 Å². The van der Waals surface area contributed by atoms with Crippen molar-refractivity contribution < 1.29 is 9.90 Å². The van der Waals surface area contributed by atoms with E-state index in [-0.39, 0.29) is 0 Å². The minimum Gasteiger partial charge on any atom is -0.478 e. The van der Waals surface area contributed by atoms with Crippen LogP contribution < -0.4 is 5.32 Å². The molecule has 1 heterocycles. The van der Waals surface area contributed by atoms with Gasteiger partial charge in [0.15, 0.2) is 0 Å². The molecule has 1 aliphatic carbocycles. The molecule has 1 fully saturated rings. The van der Waals surface area contributed by atoms with Gasteiger partial charge in [-0.2, -0.15) is 4.37 Å². The first-order valence-corrected chi connectivity index (χ1v) is 7.87. The minimum atomic E-state index is -0.882. The Morgan fingerprint density at radius 1 is 1.47 bits per heavy atom. The Labute approximate surface area is 118 Å². The molecule has 0 saturated heterocycles. The Balaban J connectivity index is 2.11. The summed E-state index contributed by atoms with van der Waals surface area (Å²) in [5.74, 6) is -0.213. The number of aromatic carboxylic acids is 1. The summed E-state index contributed by atoms with van der Waals surface area (Å²) in [6.07, 6.45) is 7.48. The number of nitrogens with zero attached hydrogens (tertiary/aromatic N) is 1. The molecule has 1 aliphatic rings. The summed E-state index contributed by atoms with van der Waals surface area (Å²) < 4.78 is 4.17. The minimum absolute atomic E-state index is 0.347. The van der Waals surface area contributed by atoms with Crippen LogP contribution in [0.4, 0.5) is 5.00 Å². The highest BCUT2D eigenvalue weighted by Crippen LogP contribution is 2.32. The highest BCUT2D eigenvalue weighted by atomic mass is 32.1. The molecular formula is C14H22N2O2S. The van der Waals surface area contributed by atoms with Gasteiger partial charge in [-0.05, 0) is 43.6 Å². The van der Waals surface area contributed by atoms with E-state index < -0.39 is 5.97 Å². The number of aromatic nitrogens is 1. The van der Waals surface area contributed by atoms with Gasteiger partial charge in [-0.15, -0.1) is 0 Å². The van der Waals surface area contributed by atoms with Crippen molar-refractivity contribution in [3.63, 3.8) is 0 Å². The standard InChI is InChI=1S/C14H22N2O2S/c1-3-11(10-7-5-4-6-8-10)15-13-12(14(17)18)9(2)16-19-13/h10-11,15H,3-8H2,1-2H3,(H,17,18). The Morgan fingerprint density at radius 2 is 2.16 bits per heavy atom. The molecule has 106 valence electrons. The number of nitrogens with one attached hydrogen (secondary N) is 1. The lowest BCUT2D eigenvalue weighted by Gasteiger charge is -2.30. The largest absolute Gasteiger partial charge is 0.478 e. The van der Waals surface area contributed by atoms with Crippen molar-refractivity contribution in [1.29, 1.82) is 0 Å². The van der Waals surface area contributed by atoms with Gasteiger partial charge in [-0.3, -0.25) is 0 Å². The lowest BCUT2D eigenvalue weighted by atomic mass is 9.83. The topological polar surface area (TPSA) is 62.2 Å². The average molecular weight is 282 g/mol. The molecule has 1 saturated carbocycles. The summed E-state index contributed by atoms with van der Waals surface area (Å²) in [4.78, 5) is 11.3. The molecule has 1 atom stereocenters. The smallest absolute Gasteiger partial charge is 0.340 e. The van der Waals surface area contributed by atoms with Gasteiger partial charge in [-0.25, -0.2) is 4.79 Å². The lowest BCUT2D eigenvalue weighted by molar-refractivity contribution is 0.0697. The highest BCUT2D eigenvalue weighted by molar-refractivity contribution is 7.10. The predicted molar refractivity (Wildman–Crippen MR) is 78.1 cm³/mol. The third-order valence-corrected chi connectivity index (χ3v) is 4.92. The third kappa shape index (κ3) is 3.26. The van der Waals surface area contributed by atoms with Crippen molar-refractivity contribution in [2.75, 3.05) is 5.32 Å². The van der Waals surface area contributed by atoms with Crippen LogP contribution in [0.3, 0.4) is 0 Å². The molecule has 1 aromatic rings. The average Bonchev–Trinajstić information content (AvgIpc) is 2.78. The zero-order valence-corrected chi connectivity index (χ0v) is 12.4. The van der Waals surface area contributed by atoms with Crippen molar-refractivity contribution in [1.82, 2.24) is 4.37 Å². The summed E-state index contributed by atoms with van der Waals surface area (Å²) in [7, 11) is 0. The summed E-state index contributed by atoms with van der Waals surface area (Å²) >= 11 is 1.27. The van der Waals surface area contributed by atoms with Crippen LogP contribution in [0.5, 0.6) is 0 Å². The molecule has 0 aromatic carbocycles. The van der Waals surface area contributed by atoms with E-state index in [1.807, 2.05) is 0 Å². The van der Waals surface area contributed by atoms with E-state index in [1.165, 1.54) is 43.6 Å². The Bertz CT molecular complexity index is 439. The maximum atomic E-state index is 11.3. The number of hydrogen-bond acceptors (Lipinski definition) is 4. The molecule has 2 N–H and O–H groups in total. The summed E-state index contributed by atoms with van der Waals surface area (Å²) in [6.45, 7) is 3.92.